The first-order valence-corrected chi connectivity index (χ1v) is 6.31. The van der Waals surface area contributed by atoms with Gasteiger partial charge in [-0.3, -0.25) is 4.79 Å². The monoisotopic (exact) mass is 266 g/mol. The van der Waals surface area contributed by atoms with Crippen molar-refractivity contribution < 1.29 is 4.79 Å². The molecular formula is C12H11ClN2OS. The molecular weight excluding hydrogens is 256 g/mol. The van der Waals surface area contributed by atoms with Crippen LogP contribution in [0.4, 0.5) is 0 Å². The molecule has 0 fully saturated rings. The molecule has 3 nitrogen and oxygen atoms in total. The van der Waals surface area contributed by atoms with Crippen molar-refractivity contribution in [3.8, 4) is 10.6 Å². The minimum absolute atomic E-state index is 0.177. The second-order valence-corrected chi connectivity index (χ2v) is 5.02. The number of carbonyl (C=O) groups is 1. The van der Waals surface area contributed by atoms with Gasteiger partial charge in [-0.05, 0) is 18.6 Å². The summed E-state index contributed by atoms with van der Waals surface area (Å²) in [4.78, 5) is 15.1. The Morgan fingerprint density at radius 2 is 2.29 bits per heavy atom. The van der Waals surface area contributed by atoms with Crippen molar-refractivity contribution in [2.24, 2.45) is 5.73 Å². The molecule has 0 aliphatic rings. The number of aryl methyl sites for hydroxylation is 1. The molecule has 2 rings (SSSR count). The molecule has 0 unspecified atom stereocenters. The van der Waals surface area contributed by atoms with E-state index in [1.807, 2.05) is 30.5 Å². The second kappa shape index (κ2) is 4.85. The van der Waals surface area contributed by atoms with Crippen LogP contribution in [0.3, 0.4) is 0 Å². The molecule has 0 atom stereocenters. The summed E-state index contributed by atoms with van der Waals surface area (Å²) in [5.41, 5.74) is 7.82. The second-order valence-electron chi connectivity index (χ2n) is 3.75. The zero-order valence-electron chi connectivity index (χ0n) is 9.24. The Hall–Kier alpha value is -1.39. The average Bonchev–Trinajstić information content (AvgIpc) is 2.69. The van der Waals surface area contributed by atoms with Gasteiger partial charge in [-0.1, -0.05) is 23.7 Å². The predicted molar refractivity (Wildman–Crippen MR) is 70.2 cm³/mol. The fraction of sp³-hybridized carbons (Fsp3) is 0.167. The molecule has 1 amide bonds. The standard InChI is InChI=1S/C12H11ClN2OS/c1-7-2-3-8(4-10(7)13)12-15-9(6-17-12)5-11(14)16/h2-4,6H,5H2,1H3,(H2,14,16). The van der Waals surface area contributed by atoms with Crippen LogP contribution in [-0.4, -0.2) is 10.9 Å². The van der Waals surface area contributed by atoms with Gasteiger partial charge in [-0.25, -0.2) is 4.98 Å². The number of benzene rings is 1. The van der Waals surface area contributed by atoms with E-state index in [1.54, 1.807) is 0 Å². The van der Waals surface area contributed by atoms with E-state index in [2.05, 4.69) is 4.98 Å². The first-order valence-electron chi connectivity index (χ1n) is 5.05. The number of hydrogen-bond acceptors (Lipinski definition) is 3. The number of primary amides is 1. The van der Waals surface area contributed by atoms with Gasteiger partial charge in [0.2, 0.25) is 5.91 Å². The SMILES string of the molecule is Cc1ccc(-c2nc(CC(N)=O)cs2)cc1Cl. The number of hydrogen-bond donors (Lipinski definition) is 1. The van der Waals surface area contributed by atoms with Gasteiger partial charge in [0.1, 0.15) is 5.01 Å². The first-order chi connectivity index (χ1) is 8.06. The van der Waals surface area contributed by atoms with E-state index in [0.29, 0.717) is 10.7 Å². The number of halogens is 1. The highest BCUT2D eigenvalue weighted by molar-refractivity contribution is 7.13. The summed E-state index contributed by atoms with van der Waals surface area (Å²) in [6.45, 7) is 1.95. The van der Waals surface area contributed by atoms with Gasteiger partial charge in [-0.2, -0.15) is 0 Å². The number of rotatable bonds is 3. The van der Waals surface area contributed by atoms with E-state index < -0.39 is 0 Å². The Labute approximate surface area is 108 Å². The normalized spacial score (nSPS) is 10.5. The lowest BCUT2D eigenvalue weighted by Crippen LogP contribution is -2.13. The Balaban J connectivity index is 2.30. The molecule has 17 heavy (non-hydrogen) atoms. The van der Waals surface area contributed by atoms with Crippen LogP contribution >= 0.6 is 22.9 Å². The fourth-order valence-corrected chi connectivity index (χ4v) is 2.42. The summed E-state index contributed by atoms with van der Waals surface area (Å²) in [6, 6.07) is 5.80. The van der Waals surface area contributed by atoms with Crippen LogP contribution in [0.1, 0.15) is 11.3 Å². The van der Waals surface area contributed by atoms with Crippen LogP contribution in [0.2, 0.25) is 5.02 Å². The van der Waals surface area contributed by atoms with E-state index in [4.69, 9.17) is 17.3 Å². The highest BCUT2D eigenvalue weighted by Crippen LogP contribution is 2.27. The van der Waals surface area contributed by atoms with Crippen molar-refractivity contribution in [2.45, 2.75) is 13.3 Å². The maximum Gasteiger partial charge on any atom is 0.223 e. The molecule has 1 aromatic carbocycles. The smallest absolute Gasteiger partial charge is 0.223 e. The summed E-state index contributed by atoms with van der Waals surface area (Å²) < 4.78 is 0. The van der Waals surface area contributed by atoms with Gasteiger partial charge in [0.25, 0.3) is 0 Å². The Morgan fingerprint density at radius 1 is 1.53 bits per heavy atom. The summed E-state index contributed by atoms with van der Waals surface area (Å²) in [6.07, 6.45) is 0.177. The van der Waals surface area contributed by atoms with E-state index >= 15 is 0 Å². The number of aromatic nitrogens is 1. The van der Waals surface area contributed by atoms with Crippen LogP contribution in [0.25, 0.3) is 10.6 Å². The van der Waals surface area contributed by atoms with Crippen molar-refractivity contribution in [1.82, 2.24) is 4.98 Å². The molecule has 0 aliphatic carbocycles. The van der Waals surface area contributed by atoms with Gasteiger partial charge in [-0.15, -0.1) is 11.3 Å². The Morgan fingerprint density at radius 3 is 2.94 bits per heavy atom. The number of amides is 1. The number of nitrogens with zero attached hydrogens (tertiary/aromatic N) is 1. The number of carbonyl (C=O) groups excluding carboxylic acids is 1. The third kappa shape index (κ3) is 2.84. The van der Waals surface area contributed by atoms with Crippen LogP contribution < -0.4 is 5.73 Å². The third-order valence-electron chi connectivity index (χ3n) is 2.33. The zero-order chi connectivity index (χ0) is 12.4. The van der Waals surface area contributed by atoms with E-state index in [9.17, 15) is 4.79 Å². The highest BCUT2D eigenvalue weighted by Gasteiger charge is 2.07. The highest BCUT2D eigenvalue weighted by atomic mass is 35.5. The molecule has 88 valence electrons. The van der Waals surface area contributed by atoms with Crippen molar-refractivity contribution in [3.63, 3.8) is 0 Å². The first kappa shape index (κ1) is 12.1. The Kier molecular flexibility index (Phi) is 3.45. The van der Waals surface area contributed by atoms with Crippen LogP contribution in [0, 0.1) is 6.92 Å². The lowest BCUT2D eigenvalue weighted by Gasteiger charge is -2.00. The molecule has 5 heteroatoms. The Bertz CT molecular complexity index is 565. The van der Waals surface area contributed by atoms with Crippen molar-refractivity contribution in [3.05, 3.63) is 39.9 Å². The van der Waals surface area contributed by atoms with Gasteiger partial charge in [0, 0.05) is 16.0 Å². The molecule has 0 saturated carbocycles. The molecule has 0 aliphatic heterocycles. The van der Waals surface area contributed by atoms with Crippen molar-refractivity contribution in [1.29, 1.82) is 0 Å². The lowest BCUT2D eigenvalue weighted by molar-refractivity contribution is -0.117. The maximum absolute atomic E-state index is 10.8. The predicted octanol–water partition coefficient (Wildman–Crippen LogP) is 2.80. The lowest BCUT2D eigenvalue weighted by atomic mass is 10.1. The molecule has 0 saturated heterocycles. The van der Waals surface area contributed by atoms with Gasteiger partial charge >= 0.3 is 0 Å². The molecule has 0 spiro atoms. The van der Waals surface area contributed by atoms with Gasteiger partial charge in [0.05, 0.1) is 12.1 Å². The molecule has 1 aromatic heterocycles. The summed E-state index contributed by atoms with van der Waals surface area (Å²) >= 11 is 7.54. The van der Waals surface area contributed by atoms with Gasteiger partial charge in [0.15, 0.2) is 0 Å². The molecule has 0 bridgehead atoms. The molecule has 2 aromatic rings. The van der Waals surface area contributed by atoms with E-state index in [0.717, 1.165) is 16.1 Å². The average molecular weight is 267 g/mol. The zero-order valence-corrected chi connectivity index (χ0v) is 10.8. The van der Waals surface area contributed by atoms with Crippen molar-refractivity contribution in [2.75, 3.05) is 0 Å². The van der Waals surface area contributed by atoms with E-state index in [-0.39, 0.29) is 12.3 Å². The molecule has 0 radical (unpaired) electrons. The van der Waals surface area contributed by atoms with Gasteiger partial charge < -0.3 is 5.73 Å². The quantitative estimate of drug-likeness (QED) is 0.929. The number of nitrogens with two attached hydrogens (primary N) is 1. The molecule has 1 heterocycles. The van der Waals surface area contributed by atoms with E-state index in [1.165, 1.54) is 11.3 Å². The molecule has 2 N–H and O–H groups in total. The van der Waals surface area contributed by atoms with Crippen LogP contribution in [0.5, 0.6) is 0 Å². The topological polar surface area (TPSA) is 56.0 Å². The van der Waals surface area contributed by atoms with Crippen LogP contribution in [-0.2, 0) is 11.2 Å². The fourth-order valence-electron chi connectivity index (χ4n) is 1.43. The number of thiazole rings is 1. The summed E-state index contributed by atoms with van der Waals surface area (Å²) in [5, 5.41) is 3.41. The van der Waals surface area contributed by atoms with Crippen LogP contribution in [0.15, 0.2) is 23.6 Å². The third-order valence-corrected chi connectivity index (χ3v) is 3.67. The van der Waals surface area contributed by atoms with Crippen molar-refractivity contribution >= 4 is 28.8 Å². The summed E-state index contributed by atoms with van der Waals surface area (Å²) in [7, 11) is 0. The minimum Gasteiger partial charge on any atom is -0.369 e. The summed E-state index contributed by atoms with van der Waals surface area (Å²) in [5.74, 6) is -0.371. The maximum atomic E-state index is 10.8. The minimum atomic E-state index is -0.371. The largest absolute Gasteiger partial charge is 0.369 e.